The first-order chi connectivity index (χ1) is 7.58. The Morgan fingerprint density at radius 3 is 2.06 bits per heavy atom. The van der Waals surface area contributed by atoms with Crippen LogP contribution in [-0.4, -0.2) is 35.1 Å². The number of carbonyl (C=O) groups excluding carboxylic acids is 1. The van der Waals surface area contributed by atoms with Crippen LogP contribution in [0.3, 0.4) is 0 Å². The molecule has 7 heteroatoms. The predicted molar refractivity (Wildman–Crippen MR) is 63.5 cm³/mol. The molecule has 0 aromatic carbocycles. The number of carbonyl (C=O) groups is 1. The van der Waals surface area contributed by atoms with Crippen LogP contribution in [0.15, 0.2) is 0 Å². The molecule has 0 aromatic rings. The minimum Gasteiger partial charge on any atom is -0.392 e. The molecule has 0 spiro atoms. The van der Waals surface area contributed by atoms with Gasteiger partial charge in [-0.3, -0.25) is 4.79 Å². The molecule has 0 aromatic heterocycles. The first kappa shape index (κ1) is 16.1. The fourth-order valence-corrected chi connectivity index (χ4v) is 1.56. The second kappa shape index (κ2) is 5.66. The van der Waals surface area contributed by atoms with Gasteiger partial charge in [0.1, 0.15) is 6.54 Å². The maximum absolute atomic E-state index is 12.3. The summed E-state index contributed by atoms with van der Waals surface area (Å²) in [7, 11) is 0. The Bertz CT molecular complexity index is 306. The number of halogens is 3. The summed E-state index contributed by atoms with van der Waals surface area (Å²) in [6.07, 6.45) is -4.15. The molecule has 100 valence electrons. The molecule has 0 bridgehead atoms. The van der Waals surface area contributed by atoms with Gasteiger partial charge in [0.05, 0.1) is 10.4 Å². The van der Waals surface area contributed by atoms with Gasteiger partial charge in [0.2, 0.25) is 5.91 Å². The molecule has 0 aliphatic heterocycles. The fraction of sp³-hybridized carbons (Fsp3) is 0.800. The number of hydrogen-bond donors (Lipinski definition) is 1. The van der Waals surface area contributed by atoms with Crippen LogP contribution in [0.25, 0.3) is 0 Å². The molecule has 1 amide bonds. The molecule has 0 fully saturated rings. The number of rotatable bonds is 5. The summed E-state index contributed by atoms with van der Waals surface area (Å²) in [6.45, 7) is 3.31. The third kappa shape index (κ3) is 4.14. The molecule has 0 aliphatic rings. The van der Waals surface area contributed by atoms with E-state index in [4.69, 9.17) is 18.0 Å². The number of hydrogen-bond acceptors (Lipinski definition) is 2. The molecule has 17 heavy (non-hydrogen) atoms. The smallest absolute Gasteiger partial charge is 0.392 e. The van der Waals surface area contributed by atoms with E-state index in [1.807, 2.05) is 0 Å². The van der Waals surface area contributed by atoms with Crippen molar-refractivity contribution in [3.05, 3.63) is 0 Å². The van der Waals surface area contributed by atoms with Crippen molar-refractivity contribution in [1.29, 1.82) is 0 Å². The van der Waals surface area contributed by atoms with Crippen molar-refractivity contribution in [3.8, 4) is 0 Å². The summed E-state index contributed by atoms with van der Waals surface area (Å²) in [5, 5.41) is 0. The fourth-order valence-electron chi connectivity index (χ4n) is 1.32. The molecule has 0 saturated heterocycles. The van der Waals surface area contributed by atoms with Crippen LogP contribution < -0.4 is 5.73 Å². The molecule has 3 nitrogen and oxygen atoms in total. The Morgan fingerprint density at radius 2 is 1.82 bits per heavy atom. The lowest BCUT2D eigenvalue weighted by Crippen LogP contribution is -2.51. The number of alkyl halides is 3. The van der Waals surface area contributed by atoms with Crippen molar-refractivity contribution < 1.29 is 18.0 Å². The Kier molecular flexibility index (Phi) is 5.38. The van der Waals surface area contributed by atoms with Crippen LogP contribution >= 0.6 is 12.2 Å². The molecule has 0 heterocycles. The lowest BCUT2D eigenvalue weighted by atomic mass is 9.85. The Labute approximate surface area is 104 Å². The normalized spacial score (nSPS) is 15.2. The van der Waals surface area contributed by atoms with Crippen molar-refractivity contribution in [2.24, 2.45) is 11.1 Å². The van der Waals surface area contributed by atoms with Crippen LogP contribution in [0.2, 0.25) is 0 Å². The van der Waals surface area contributed by atoms with Crippen LogP contribution in [0.4, 0.5) is 13.2 Å². The first-order valence-corrected chi connectivity index (χ1v) is 5.65. The summed E-state index contributed by atoms with van der Waals surface area (Å²) < 4.78 is 36.9. The van der Waals surface area contributed by atoms with Gasteiger partial charge in [-0.05, 0) is 20.3 Å². The van der Waals surface area contributed by atoms with Gasteiger partial charge in [0.25, 0.3) is 0 Å². The van der Waals surface area contributed by atoms with Gasteiger partial charge in [0.15, 0.2) is 0 Å². The number of nitrogens with zero attached hydrogens (tertiary/aromatic N) is 1. The van der Waals surface area contributed by atoms with Gasteiger partial charge in [-0.25, -0.2) is 0 Å². The van der Waals surface area contributed by atoms with Gasteiger partial charge in [-0.2, -0.15) is 13.2 Å². The van der Waals surface area contributed by atoms with Gasteiger partial charge >= 0.3 is 6.18 Å². The monoisotopic (exact) mass is 270 g/mol. The molecule has 2 N–H and O–H groups in total. The van der Waals surface area contributed by atoms with Gasteiger partial charge in [-0.15, -0.1) is 0 Å². The average molecular weight is 270 g/mol. The summed E-state index contributed by atoms with van der Waals surface area (Å²) >= 11 is 4.76. The number of thiocarbonyl (C=S) groups is 1. The van der Waals surface area contributed by atoms with E-state index in [0.717, 1.165) is 4.90 Å². The van der Waals surface area contributed by atoms with Gasteiger partial charge in [-0.1, -0.05) is 19.1 Å². The molecule has 1 atom stereocenters. The lowest BCUT2D eigenvalue weighted by molar-refractivity contribution is -0.164. The molecule has 0 radical (unpaired) electrons. The molecule has 1 unspecified atom stereocenters. The first-order valence-electron chi connectivity index (χ1n) is 5.24. The van der Waals surface area contributed by atoms with Crippen molar-refractivity contribution in [3.63, 3.8) is 0 Å². The Morgan fingerprint density at radius 1 is 1.35 bits per heavy atom. The van der Waals surface area contributed by atoms with Crippen molar-refractivity contribution in [1.82, 2.24) is 4.90 Å². The average Bonchev–Trinajstić information content (AvgIpc) is 2.22. The zero-order valence-electron chi connectivity index (χ0n) is 10.1. The second-order valence-electron chi connectivity index (χ2n) is 3.98. The molecular weight excluding hydrogens is 253 g/mol. The standard InChI is InChI=1S/C10H17F3N2OS/c1-4-9(3,7(14)17)8(16)15(5-2)6-10(11,12)13/h4-6H2,1-3H3,(H2,14,17). The van der Waals surface area contributed by atoms with E-state index in [1.165, 1.54) is 13.8 Å². The summed E-state index contributed by atoms with van der Waals surface area (Å²) in [5.74, 6) is -0.674. The highest BCUT2D eigenvalue weighted by atomic mass is 32.1. The van der Waals surface area contributed by atoms with Crippen molar-refractivity contribution >= 4 is 23.1 Å². The van der Waals surface area contributed by atoms with E-state index in [9.17, 15) is 18.0 Å². The summed E-state index contributed by atoms with van der Waals surface area (Å²) in [4.78, 5) is 12.7. The summed E-state index contributed by atoms with van der Waals surface area (Å²) in [5.41, 5.74) is 4.23. The van der Waals surface area contributed by atoms with Crippen LogP contribution in [0, 0.1) is 5.41 Å². The predicted octanol–water partition coefficient (Wildman–Crippen LogP) is 2.10. The lowest BCUT2D eigenvalue weighted by Gasteiger charge is -2.32. The van der Waals surface area contributed by atoms with Gasteiger partial charge in [0, 0.05) is 6.54 Å². The van der Waals surface area contributed by atoms with E-state index in [2.05, 4.69) is 0 Å². The SMILES string of the molecule is CCN(CC(F)(F)F)C(=O)C(C)(CC)C(N)=S. The van der Waals surface area contributed by atoms with Crippen LogP contribution in [-0.2, 0) is 4.79 Å². The second-order valence-corrected chi connectivity index (χ2v) is 4.42. The third-order valence-corrected chi connectivity index (χ3v) is 3.21. The zero-order valence-corrected chi connectivity index (χ0v) is 10.9. The molecule has 0 aliphatic carbocycles. The van der Waals surface area contributed by atoms with E-state index in [1.54, 1.807) is 6.92 Å². The minimum atomic E-state index is -4.42. The van der Waals surface area contributed by atoms with E-state index < -0.39 is 24.0 Å². The van der Waals surface area contributed by atoms with Crippen LogP contribution in [0.1, 0.15) is 27.2 Å². The van der Waals surface area contributed by atoms with Crippen molar-refractivity contribution in [2.45, 2.75) is 33.4 Å². The Hall–Kier alpha value is -0.850. The van der Waals surface area contributed by atoms with E-state index in [0.29, 0.717) is 0 Å². The van der Waals surface area contributed by atoms with Crippen LogP contribution in [0.5, 0.6) is 0 Å². The number of amides is 1. The highest BCUT2D eigenvalue weighted by Crippen LogP contribution is 2.27. The zero-order chi connectivity index (χ0) is 13.9. The molecule has 0 saturated carbocycles. The minimum absolute atomic E-state index is 0.0312. The molecule has 0 rings (SSSR count). The highest BCUT2D eigenvalue weighted by molar-refractivity contribution is 7.80. The molecular formula is C10H17F3N2OS. The van der Waals surface area contributed by atoms with Gasteiger partial charge < -0.3 is 10.6 Å². The maximum Gasteiger partial charge on any atom is 0.406 e. The quantitative estimate of drug-likeness (QED) is 0.778. The largest absolute Gasteiger partial charge is 0.406 e. The summed E-state index contributed by atoms with van der Waals surface area (Å²) in [6, 6.07) is 0. The maximum atomic E-state index is 12.3. The van der Waals surface area contributed by atoms with E-state index >= 15 is 0 Å². The highest BCUT2D eigenvalue weighted by Gasteiger charge is 2.41. The third-order valence-electron chi connectivity index (χ3n) is 2.76. The Balaban J connectivity index is 5.04. The van der Waals surface area contributed by atoms with E-state index in [-0.39, 0.29) is 18.0 Å². The number of nitrogens with two attached hydrogens (primary N) is 1. The topological polar surface area (TPSA) is 46.3 Å². The van der Waals surface area contributed by atoms with Crippen molar-refractivity contribution in [2.75, 3.05) is 13.1 Å².